The number of pyridine rings is 1. The molecule has 1 amide bonds. The summed E-state index contributed by atoms with van der Waals surface area (Å²) in [7, 11) is 0. The molecule has 2 unspecified atom stereocenters. The molecule has 2 atom stereocenters. The first kappa shape index (κ1) is 20.3. The molecular formula is C16H19ClF3N3O3. The molecule has 1 aromatic heterocycles. The lowest BCUT2D eigenvalue weighted by Crippen LogP contribution is -2.65. The standard InChI is InChI=1S/C16H19ClF3N3O3/c1-15(2,3)13-10(8-24)22(6-7-23(13)14(25)26)11-5-4-9(17)12(21-11)16(18,19)20/h4-5,8,10,13H,6-7H2,1-3H3,(H,25,26). The van der Waals surface area contributed by atoms with Crippen molar-refractivity contribution >= 4 is 29.8 Å². The molecule has 6 nitrogen and oxygen atoms in total. The topological polar surface area (TPSA) is 73.7 Å². The van der Waals surface area contributed by atoms with E-state index in [-0.39, 0.29) is 18.9 Å². The van der Waals surface area contributed by atoms with E-state index in [0.29, 0.717) is 6.29 Å². The van der Waals surface area contributed by atoms with Gasteiger partial charge >= 0.3 is 12.3 Å². The van der Waals surface area contributed by atoms with Gasteiger partial charge in [0.2, 0.25) is 0 Å². The number of rotatable bonds is 2. The average Bonchev–Trinajstić information content (AvgIpc) is 2.51. The van der Waals surface area contributed by atoms with Crippen molar-refractivity contribution < 1.29 is 27.9 Å². The number of nitrogens with zero attached hydrogens (tertiary/aromatic N) is 3. The van der Waals surface area contributed by atoms with E-state index in [1.807, 2.05) is 0 Å². The molecule has 2 heterocycles. The summed E-state index contributed by atoms with van der Waals surface area (Å²) in [6, 6.07) is 0.640. The molecule has 0 aromatic carbocycles. The smallest absolute Gasteiger partial charge is 0.434 e. The summed E-state index contributed by atoms with van der Waals surface area (Å²) in [5.41, 5.74) is -1.86. The van der Waals surface area contributed by atoms with Crippen LogP contribution in [0, 0.1) is 5.41 Å². The normalized spacial score (nSPS) is 21.7. The Bertz CT molecular complexity index is 706. The number of hydrogen-bond donors (Lipinski definition) is 1. The molecule has 10 heteroatoms. The number of carboxylic acid groups (broad SMARTS) is 1. The fraction of sp³-hybridized carbons (Fsp3) is 0.562. The summed E-state index contributed by atoms with van der Waals surface area (Å²) in [6.07, 6.45) is -5.37. The number of anilines is 1. The molecule has 1 saturated heterocycles. The number of amides is 1. The second-order valence-electron chi connectivity index (χ2n) is 7.10. The van der Waals surface area contributed by atoms with Crippen LogP contribution < -0.4 is 4.90 Å². The van der Waals surface area contributed by atoms with Crippen LogP contribution in [0.2, 0.25) is 5.02 Å². The molecule has 1 aliphatic heterocycles. The average molecular weight is 394 g/mol. The Morgan fingerprint density at radius 3 is 2.38 bits per heavy atom. The number of halogens is 4. The van der Waals surface area contributed by atoms with Gasteiger partial charge in [0.15, 0.2) is 5.69 Å². The third kappa shape index (κ3) is 3.87. The number of carbonyl (C=O) groups excluding carboxylic acids is 1. The monoisotopic (exact) mass is 393 g/mol. The van der Waals surface area contributed by atoms with Gasteiger partial charge in [-0.2, -0.15) is 13.2 Å². The van der Waals surface area contributed by atoms with Crippen molar-refractivity contribution in [2.24, 2.45) is 5.41 Å². The van der Waals surface area contributed by atoms with Gasteiger partial charge in [0.05, 0.1) is 11.1 Å². The van der Waals surface area contributed by atoms with E-state index in [1.165, 1.54) is 11.0 Å². The highest BCUT2D eigenvalue weighted by molar-refractivity contribution is 6.31. The van der Waals surface area contributed by atoms with Crippen molar-refractivity contribution in [1.82, 2.24) is 9.88 Å². The molecule has 1 N–H and O–H groups in total. The molecule has 0 radical (unpaired) electrons. The summed E-state index contributed by atoms with van der Waals surface area (Å²) >= 11 is 5.60. The second kappa shape index (κ2) is 6.94. The maximum absolute atomic E-state index is 13.1. The third-order valence-electron chi connectivity index (χ3n) is 4.27. The lowest BCUT2D eigenvalue weighted by atomic mass is 9.79. The highest BCUT2D eigenvalue weighted by Gasteiger charge is 2.46. The van der Waals surface area contributed by atoms with Gasteiger partial charge in [0, 0.05) is 13.1 Å². The van der Waals surface area contributed by atoms with Crippen molar-refractivity contribution in [3.63, 3.8) is 0 Å². The lowest BCUT2D eigenvalue weighted by molar-refractivity contribution is -0.141. The van der Waals surface area contributed by atoms with Gasteiger partial charge in [-0.3, -0.25) is 0 Å². The number of alkyl halides is 3. The highest BCUT2D eigenvalue weighted by Crippen LogP contribution is 2.37. The molecule has 26 heavy (non-hydrogen) atoms. The summed E-state index contributed by atoms with van der Waals surface area (Å²) in [4.78, 5) is 29.5. The molecule has 0 spiro atoms. The van der Waals surface area contributed by atoms with Gasteiger partial charge in [0.1, 0.15) is 18.1 Å². The SMILES string of the molecule is CC(C)(C)C1C(C=O)N(c2ccc(Cl)c(C(F)(F)F)n2)CCN1C(=O)O. The minimum absolute atomic E-state index is 0.0350. The summed E-state index contributed by atoms with van der Waals surface area (Å²) in [5.74, 6) is -0.0712. The first-order valence-electron chi connectivity index (χ1n) is 7.83. The van der Waals surface area contributed by atoms with Crippen LogP contribution >= 0.6 is 11.6 Å². The van der Waals surface area contributed by atoms with Crippen molar-refractivity contribution in [2.45, 2.75) is 39.0 Å². The zero-order chi connectivity index (χ0) is 19.9. The van der Waals surface area contributed by atoms with Crippen LogP contribution in [0.4, 0.5) is 23.8 Å². The van der Waals surface area contributed by atoms with E-state index >= 15 is 0 Å². The third-order valence-corrected chi connectivity index (χ3v) is 4.57. The van der Waals surface area contributed by atoms with Crippen LogP contribution in [0.25, 0.3) is 0 Å². The van der Waals surface area contributed by atoms with Gasteiger partial charge in [-0.25, -0.2) is 9.78 Å². The van der Waals surface area contributed by atoms with E-state index in [2.05, 4.69) is 4.98 Å². The Kier molecular flexibility index (Phi) is 5.41. The maximum Gasteiger partial charge on any atom is 0.434 e. The number of hydrogen-bond acceptors (Lipinski definition) is 4. The minimum atomic E-state index is -4.74. The molecule has 0 saturated carbocycles. The fourth-order valence-electron chi connectivity index (χ4n) is 3.26. The van der Waals surface area contributed by atoms with Crippen LogP contribution in [-0.4, -0.2) is 52.5 Å². The van der Waals surface area contributed by atoms with Crippen molar-refractivity contribution in [3.05, 3.63) is 22.8 Å². The number of aldehydes is 1. The van der Waals surface area contributed by atoms with Gasteiger partial charge in [-0.15, -0.1) is 0 Å². The van der Waals surface area contributed by atoms with Gasteiger partial charge < -0.3 is 19.7 Å². The van der Waals surface area contributed by atoms with Crippen LogP contribution in [0.15, 0.2) is 12.1 Å². The van der Waals surface area contributed by atoms with Gasteiger partial charge in [-0.05, 0) is 17.5 Å². The summed E-state index contributed by atoms with van der Waals surface area (Å²) in [5, 5.41) is 8.90. The second-order valence-corrected chi connectivity index (χ2v) is 7.51. The zero-order valence-corrected chi connectivity index (χ0v) is 15.2. The van der Waals surface area contributed by atoms with Crippen LogP contribution in [0.5, 0.6) is 0 Å². The number of piperazine rings is 1. The molecule has 0 bridgehead atoms. The largest absolute Gasteiger partial charge is 0.465 e. The van der Waals surface area contributed by atoms with Crippen LogP contribution in [0.1, 0.15) is 26.5 Å². The van der Waals surface area contributed by atoms with E-state index in [0.717, 1.165) is 11.0 Å². The van der Waals surface area contributed by atoms with Crippen LogP contribution in [0.3, 0.4) is 0 Å². The molecule has 0 aliphatic carbocycles. The van der Waals surface area contributed by atoms with Crippen molar-refractivity contribution in [2.75, 3.05) is 18.0 Å². The Labute approximate surface area is 153 Å². The van der Waals surface area contributed by atoms with Gasteiger partial charge in [-0.1, -0.05) is 32.4 Å². The van der Waals surface area contributed by atoms with E-state index < -0.39 is 40.5 Å². The van der Waals surface area contributed by atoms with Gasteiger partial charge in [0.25, 0.3) is 0 Å². The predicted octanol–water partition coefficient (Wildman–Crippen LogP) is 3.54. The molecule has 1 fully saturated rings. The Morgan fingerprint density at radius 1 is 1.31 bits per heavy atom. The van der Waals surface area contributed by atoms with Crippen molar-refractivity contribution in [1.29, 1.82) is 0 Å². The molecule has 2 rings (SSSR count). The summed E-state index contributed by atoms with van der Waals surface area (Å²) in [6.45, 7) is 5.37. The zero-order valence-electron chi connectivity index (χ0n) is 14.4. The lowest BCUT2D eigenvalue weighted by Gasteiger charge is -2.50. The number of carbonyl (C=O) groups is 2. The maximum atomic E-state index is 13.1. The molecule has 1 aromatic rings. The van der Waals surface area contributed by atoms with Crippen molar-refractivity contribution in [3.8, 4) is 0 Å². The van der Waals surface area contributed by atoms with E-state index in [1.54, 1.807) is 20.8 Å². The molecule has 144 valence electrons. The Morgan fingerprint density at radius 2 is 1.92 bits per heavy atom. The molecule has 1 aliphatic rings. The number of aromatic nitrogens is 1. The minimum Gasteiger partial charge on any atom is -0.465 e. The molecular weight excluding hydrogens is 375 g/mol. The fourth-order valence-corrected chi connectivity index (χ4v) is 3.47. The Balaban J connectivity index is 2.50. The first-order chi connectivity index (χ1) is 11.9. The first-order valence-corrected chi connectivity index (χ1v) is 8.21. The highest BCUT2D eigenvalue weighted by atomic mass is 35.5. The quantitative estimate of drug-likeness (QED) is 0.778. The van der Waals surface area contributed by atoms with E-state index in [9.17, 15) is 27.9 Å². The Hall–Kier alpha value is -2.03. The van der Waals surface area contributed by atoms with Crippen LogP contribution in [-0.2, 0) is 11.0 Å². The predicted molar refractivity (Wildman–Crippen MR) is 89.4 cm³/mol. The summed E-state index contributed by atoms with van der Waals surface area (Å²) < 4.78 is 39.3. The van der Waals surface area contributed by atoms with E-state index in [4.69, 9.17) is 11.6 Å².